The van der Waals surface area contributed by atoms with Gasteiger partial charge in [-0.15, -0.1) is 0 Å². The lowest BCUT2D eigenvalue weighted by Crippen LogP contribution is -2.33. The van der Waals surface area contributed by atoms with Crippen LogP contribution in [0.3, 0.4) is 0 Å². The van der Waals surface area contributed by atoms with E-state index in [9.17, 15) is 8.78 Å². The van der Waals surface area contributed by atoms with E-state index in [2.05, 4.69) is 44.3 Å². The molecule has 0 fully saturated rings. The predicted molar refractivity (Wildman–Crippen MR) is 108 cm³/mol. The number of nitrogens with one attached hydrogen (secondary N) is 1. The first kappa shape index (κ1) is 17.5. The Hall–Kier alpha value is -2.62. The summed E-state index contributed by atoms with van der Waals surface area (Å²) < 4.78 is 34.9. The van der Waals surface area contributed by atoms with E-state index in [1.807, 2.05) is 12.1 Å². The second kappa shape index (κ2) is 5.94. The molecule has 1 aliphatic carbocycles. The van der Waals surface area contributed by atoms with Gasteiger partial charge in [-0.05, 0) is 56.9 Å². The molecular formula is C24H23F2NO. The summed E-state index contributed by atoms with van der Waals surface area (Å²) >= 11 is 0. The number of allylic oxidation sites excluding steroid dienone is 2. The Balaban J connectivity index is 1.80. The summed E-state index contributed by atoms with van der Waals surface area (Å²) in [6.45, 7) is 6.37. The van der Waals surface area contributed by atoms with E-state index < -0.39 is 11.6 Å². The summed E-state index contributed by atoms with van der Waals surface area (Å²) in [4.78, 5) is 0. The average molecular weight is 379 g/mol. The smallest absolute Gasteiger partial charge is 0.168 e. The fraction of sp³-hybridized carbons (Fsp3) is 0.333. The van der Waals surface area contributed by atoms with Crippen LogP contribution in [0.5, 0.6) is 5.75 Å². The average Bonchev–Trinajstić information content (AvgIpc) is 3.13. The molecule has 2 atom stereocenters. The standard InChI is InChI=1S/C24H23F2NO/c1-13-12-24(2,3)27-19-9-8-16-17-10-15(25)11-18(26)23(17)28-22(21(16)20(13)19)14-6-4-5-7-14/h4,6,8-12,14,22,27H,5,7H2,1-3H3. The van der Waals surface area contributed by atoms with Crippen molar-refractivity contribution in [3.63, 3.8) is 0 Å². The lowest BCUT2D eigenvalue weighted by molar-refractivity contribution is 0.147. The largest absolute Gasteiger partial charge is 0.481 e. The van der Waals surface area contributed by atoms with Crippen LogP contribution in [0.4, 0.5) is 14.5 Å². The Kier molecular flexibility index (Phi) is 3.71. The first-order valence-electron chi connectivity index (χ1n) is 9.82. The van der Waals surface area contributed by atoms with E-state index in [0.717, 1.165) is 46.9 Å². The third kappa shape index (κ3) is 2.58. The Morgan fingerprint density at radius 1 is 1.14 bits per heavy atom. The van der Waals surface area contributed by atoms with Gasteiger partial charge >= 0.3 is 0 Å². The van der Waals surface area contributed by atoms with E-state index in [1.165, 1.54) is 6.07 Å². The SMILES string of the molecule is CC1=CC(C)(C)Nc2ccc3c(c21)C(C1C=CCC1)Oc1c(F)cc(F)cc1-3. The van der Waals surface area contributed by atoms with Crippen LogP contribution < -0.4 is 10.1 Å². The number of rotatable bonds is 1. The van der Waals surface area contributed by atoms with Crippen molar-refractivity contribution in [1.82, 2.24) is 0 Å². The molecule has 0 aromatic heterocycles. The maximum absolute atomic E-state index is 14.6. The highest BCUT2D eigenvalue weighted by Crippen LogP contribution is 2.52. The van der Waals surface area contributed by atoms with Crippen LogP contribution in [0, 0.1) is 17.6 Å². The highest BCUT2D eigenvalue weighted by Gasteiger charge is 2.38. The zero-order valence-corrected chi connectivity index (χ0v) is 16.3. The molecule has 28 heavy (non-hydrogen) atoms. The van der Waals surface area contributed by atoms with Crippen LogP contribution >= 0.6 is 0 Å². The van der Waals surface area contributed by atoms with Crippen LogP contribution in [-0.4, -0.2) is 5.54 Å². The van der Waals surface area contributed by atoms with Crippen molar-refractivity contribution in [2.45, 2.75) is 45.3 Å². The van der Waals surface area contributed by atoms with E-state index in [4.69, 9.17) is 4.74 Å². The molecule has 2 unspecified atom stereocenters. The second-order valence-electron chi connectivity index (χ2n) is 8.60. The van der Waals surface area contributed by atoms with E-state index in [1.54, 1.807) is 0 Å². The molecule has 0 bridgehead atoms. The molecule has 0 radical (unpaired) electrons. The summed E-state index contributed by atoms with van der Waals surface area (Å²) in [5.74, 6) is -0.901. The number of hydrogen-bond donors (Lipinski definition) is 1. The fourth-order valence-electron chi connectivity index (χ4n) is 4.95. The minimum atomic E-state index is -0.642. The van der Waals surface area contributed by atoms with Crippen LogP contribution in [-0.2, 0) is 0 Å². The number of ether oxygens (including phenoxy) is 1. The Morgan fingerprint density at radius 3 is 2.71 bits per heavy atom. The van der Waals surface area contributed by atoms with Crippen molar-refractivity contribution in [2.75, 3.05) is 5.32 Å². The normalized spacial score (nSPS) is 23.8. The fourth-order valence-corrected chi connectivity index (χ4v) is 4.95. The number of halogens is 2. The van der Waals surface area contributed by atoms with E-state index in [0.29, 0.717) is 5.56 Å². The third-order valence-electron chi connectivity index (χ3n) is 5.94. The van der Waals surface area contributed by atoms with Gasteiger partial charge in [0.05, 0.1) is 5.54 Å². The van der Waals surface area contributed by atoms with Gasteiger partial charge in [0.25, 0.3) is 0 Å². The first-order chi connectivity index (χ1) is 13.3. The zero-order valence-electron chi connectivity index (χ0n) is 16.3. The van der Waals surface area contributed by atoms with Crippen molar-refractivity contribution in [3.8, 4) is 16.9 Å². The predicted octanol–water partition coefficient (Wildman–Crippen LogP) is 6.64. The number of fused-ring (bicyclic) bond motifs is 5. The Bertz CT molecular complexity index is 1050. The van der Waals surface area contributed by atoms with Gasteiger partial charge < -0.3 is 10.1 Å². The Labute approximate surface area is 163 Å². The second-order valence-corrected chi connectivity index (χ2v) is 8.60. The van der Waals surface area contributed by atoms with Crippen molar-refractivity contribution in [1.29, 1.82) is 0 Å². The van der Waals surface area contributed by atoms with Crippen molar-refractivity contribution >= 4 is 11.3 Å². The maximum Gasteiger partial charge on any atom is 0.168 e. The molecule has 2 aliphatic heterocycles. The Morgan fingerprint density at radius 2 is 1.96 bits per heavy atom. The van der Waals surface area contributed by atoms with Gasteiger partial charge in [0.1, 0.15) is 11.9 Å². The quantitative estimate of drug-likeness (QED) is 0.561. The highest BCUT2D eigenvalue weighted by molar-refractivity contribution is 5.89. The number of anilines is 1. The highest BCUT2D eigenvalue weighted by atomic mass is 19.1. The molecule has 144 valence electrons. The van der Waals surface area contributed by atoms with Gasteiger partial charge in [-0.25, -0.2) is 8.78 Å². The van der Waals surface area contributed by atoms with Gasteiger partial charge in [0.15, 0.2) is 11.6 Å². The molecule has 0 saturated carbocycles. The molecule has 1 N–H and O–H groups in total. The molecule has 2 nitrogen and oxygen atoms in total. The summed E-state index contributed by atoms with van der Waals surface area (Å²) in [7, 11) is 0. The zero-order chi connectivity index (χ0) is 19.6. The molecule has 2 heterocycles. The molecule has 3 aliphatic rings. The van der Waals surface area contributed by atoms with Gasteiger partial charge in [0, 0.05) is 34.4 Å². The molecule has 4 heteroatoms. The summed E-state index contributed by atoms with van der Waals surface area (Å²) in [5, 5.41) is 3.58. The van der Waals surface area contributed by atoms with Gasteiger partial charge in [-0.2, -0.15) is 0 Å². The minimum absolute atomic E-state index is 0.153. The molecule has 0 saturated heterocycles. The van der Waals surface area contributed by atoms with Crippen molar-refractivity contribution in [3.05, 3.63) is 65.3 Å². The lowest BCUT2D eigenvalue weighted by atomic mass is 9.79. The molecule has 2 aromatic carbocycles. The molecule has 0 spiro atoms. The van der Waals surface area contributed by atoms with Gasteiger partial charge in [-0.3, -0.25) is 0 Å². The molecule has 0 amide bonds. The summed E-state index contributed by atoms with van der Waals surface area (Å²) in [5.41, 5.74) is 5.52. The van der Waals surface area contributed by atoms with Gasteiger partial charge in [0.2, 0.25) is 0 Å². The minimum Gasteiger partial charge on any atom is -0.481 e. The molecular weight excluding hydrogens is 356 g/mol. The molecule has 5 rings (SSSR count). The third-order valence-corrected chi connectivity index (χ3v) is 5.94. The van der Waals surface area contributed by atoms with Crippen LogP contribution in [0.15, 0.2) is 42.5 Å². The topological polar surface area (TPSA) is 21.3 Å². The first-order valence-corrected chi connectivity index (χ1v) is 9.82. The summed E-state index contributed by atoms with van der Waals surface area (Å²) in [6, 6.07) is 6.27. The van der Waals surface area contributed by atoms with Crippen LogP contribution in [0.2, 0.25) is 0 Å². The van der Waals surface area contributed by atoms with E-state index >= 15 is 0 Å². The van der Waals surface area contributed by atoms with Crippen molar-refractivity contribution < 1.29 is 13.5 Å². The lowest BCUT2D eigenvalue weighted by Gasteiger charge is -2.38. The van der Waals surface area contributed by atoms with Crippen molar-refractivity contribution in [2.24, 2.45) is 5.92 Å². The molecule has 2 aromatic rings. The summed E-state index contributed by atoms with van der Waals surface area (Å²) in [6.07, 6.45) is 8.20. The van der Waals surface area contributed by atoms with Crippen LogP contribution in [0.25, 0.3) is 16.7 Å². The van der Waals surface area contributed by atoms with Gasteiger partial charge in [-0.1, -0.05) is 24.3 Å². The number of hydrogen-bond acceptors (Lipinski definition) is 2. The monoisotopic (exact) mass is 379 g/mol. The van der Waals surface area contributed by atoms with E-state index in [-0.39, 0.29) is 23.3 Å². The maximum atomic E-state index is 14.6. The van der Waals surface area contributed by atoms with Crippen LogP contribution in [0.1, 0.15) is 50.8 Å². The number of benzene rings is 2.